The van der Waals surface area contributed by atoms with E-state index >= 15 is 0 Å². The van der Waals surface area contributed by atoms with Gasteiger partial charge in [-0.3, -0.25) is 0 Å². The molecule has 15 heavy (non-hydrogen) atoms. The van der Waals surface area contributed by atoms with E-state index in [0.717, 1.165) is 0 Å². The third kappa shape index (κ3) is 3.04. The zero-order valence-corrected chi connectivity index (χ0v) is 11.5. The molecule has 0 bridgehead atoms. The molecule has 1 aromatic heterocycles. The smallest absolute Gasteiger partial charge is 0.238 e. The molecule has 0 aromatic carbocycles. The van der Waals surface area contributed by atoms with E-state index in [1.165, 1.54) is 6.07 Å². The number of alkyl halides is 2. The van der Waals surface area contributed by atoms with Crippen molar-refractivity contribution in [2.75, 3.05) is 0 Å². The number of hydrogen-bond acceptors (Lipinski definition) is 3. The minimum atomic E-state index is -4.20. The lowest BCUT2D eigenvalue weighted by molar-refractivity contribution is 0.142. The molecule has 0 amide bonds. The van der Waals surface area contributed by atoms with Crippen molar-refractivity contribution < 1.29 is 17.2 Å². The summed E-state index contributed by atoms with van der Waals surface area (Å²) in [6.07, 6.45) is -3.00. The minimum absolute atomic E-state index is 0.104. The first-order valence-electron chi connectivity index (χ1n) is 3.40. The van der Waals surface area contributed by atoms with Crippen LogP contribution in [0.1, 0.15) is 12.1 Å². The van der Waals surface area contributed by atoms with Gasteiger partial charge in [0.25, 0.3) is 6.43 Å². The lowest BCUT2D eigenvalue weighted by Gasteiger charge is -2.08. The third-order valence-corrected chi connectivity index (χ3v) is 4.03. The van der Waals surface area contributed by atoms with Crippen LogP contribution >= 0.6 is 38.5 Å². The van der Waals surface area contributed by atoms with Crippen LogP contribution in [-0.4, -0.2) is 13.4 Å². The summed E-state index contributed by atoms with van der Waals surface area (Å²) in [7, 11) is -4.20. The predicted octanol–water partition coefficient (Wildman–Crippen LogP) is 2.03. The summed E-state index contributed by atoms with van der Waals surface area (Å²) in [6.45, 7) is 0. The highest BCUT2D eigenvalue weighted by molar-refractivity contribution is 14.1. The first-order valence-corrected chi connectivity index (χ1v) is 6.82. The van der Waals surface area contributed by atoms with Crippen LogP contribution in [0.5, 0.6) is 0 Å². The molecular weight excluding hydrogens is 409 g/mol. The van der Waals surface area contributed by atoms with Crippen molar-refractivity contribution in [3.05, 3.63) is 19.9 Å². The first kappa shape index (κ1) is 13.2. The van der Waals surface area contributed by atoms with Gasteiger partial charge in [-0.2, -0.15) is 0 Å². The molecule has 84 valence electrons. The van der Waals surface area contributed by atoms with Gasteiger partial charge >= 0.3 is 0 Å². The van der Waals surface area contributed by atoms with Crippen molar-refractivity contribution in [1.82, 2.24) is 4.98 Å². The molecule has 2 N–H and O–H groups in total. The van der Waals surface area contributed by atoms with Crippen molar-refractivity contribution >= 4 is 48.5 Å². The van der Waals surface area contributed by atoms with Crippen LogP contribution in [0.3, 0.4) is 0 Å². The minimum Gasteiger partial charge on any atom is -0.238 e. The van der Waals surface area contributed by atoms with E-state index in [4.69, 9.17) is 5.14 Å². The second kappa shape index (κ2) is 4.55. The average Bonchev–Trinajstić information content (AvgIpc) is 1.99. The van der Waals surface area contributed by atoms with Crippen molar-refractivity contribution in [3.8, 4) is 0 Å². The second-order valence-corrected chi connectivity index (χ2v) is 5.96. The standard InChI is InChI=1S/C6H4BrF2IN2O2S/c7-3-1-2(10)5(15(11,13)14)4(12-3)6(8)9/h1,6H,(H2,11,13,14). The molecule has 9 heteroatoms. The SMILES string of the molecule is NS(=O)(=O)c1c(I)cc(Br)nc1C(F)F. The number of nitrogens with two attached hydrogens (primary N) is 1. The molecule has 0 saturated heterocycles. The number of nitrogens with zero attached hydrogens (tertiary/aromatic N) is 1. The number of sulfonamides is 1. The van der Waals surface area contributed by atoms with E-state index in [9.17, 15) is 17.2 Å². The molecule has 0 aliphatic carbocycles. The second-order valence-electron chi connectivity index (χ2n) is 2.49. The number of pyridine rings is 1. The van der Waals surface area contributed by atoms with Gasteiger partial charge in [0.2, 0.25) is 10.0 Å². The lowest BCUT2D eigenvalue weighted by Crippen LogP contribution is -2.17. The van der Waals surface area contributed by atoms with E-state index in [-0.39, 0.29) is 8.17 Å². The van der Waals surface area contributed by atoms with E-state index in [1.807, 2.05) is 0 Å². The van der Waals surface area contributed by atoms with Gasteiger partial charge in [-0.15, -0.1) is 0 Å². The monoisotopic (exact) mass is 412 g/mol. The van der Waals surface area contributed by atoms with Gasteiger partial charge in [-0.25, -0.2) is 27.3 Å². The van der Waals surface area contributed by atoms with Gasteiger partial charge in [-0.1, -0.05) is 0 Å². The van der Waals surface area contributed by atoms with Crippen molar-refractivity contribution in [1.29, 1.82) is 0 Å². The van der Waals surface area contributed by atoms with Crippen LogP contribution in [0, 0.1) is 3.57 Å². The Morgan fingerprint density at radius 1 is 1.53 bits per heavy atom. The summed E-state index contributed by atoms with van der Waals surface area (Å²) in [6, 6.07) is 1.30. The maximum absolute atomic E-state index is 12.5. The number of rotatable bonds is 2. The normalized spacial score (nSPS) is 12.1. The Hall–Kier alpha value is 0.130. The van der Waals surface area contributed by atoms with E-state index < -0.39 is 27.0 Å². The molecule has 1 rings (SSSR count). The first-order chi connectivity index (χ1) is 6.73. The van der Waals surface area contributed by atoms with Gasteiger partial charge in [0.15, 0.2) is 0 Å². The van der Waals surface area contributed by atoms with Crippen molar-refractivity contribution in [3.63, 3.8) is 0 Å². The zero-order chi connectivity index (χ0) is 11.8. The maximum Gasteiger partial charge on any atom is 0.281 e. The van der Waals surface area contributed by atoms with Gasteiger partial charge in [0.1, 0.15) is 15.2 Å². The number of hydrogen-bond donors (Lipinski definition) is 1. The van der Waals surface area contributed by atoms with E-state index in [0.29, 0.717) is 0 Å². The molecule has 0 saturated carbocycles. The highest BCUT2D eigenvalue weighted by Crippen LogP contribution is 2.29. The Bertz CT molecular complexity index is 494. The third-order valence-electron chi connectivity index (χ3n) is 1.41. The largest absolute Gasteiger partial charge is 0.281 e. The van der Waals surface area contributed by atoms with Crippen LogP contribution in [0.2, 0.25) is 0 Å². The number of halogens is 4. The van der Waals surface area contributed by atoms with E-state index in [1.54, 1.807) is 22.6 Å². The highest BCUT2D eigenvalue weighted by atomic mass is 127. The number of primary sulfonamides is 1. The van der Waals surface area contributed by atoms with Crippen LogP contribution < -0.4 is 5.14 Å². The molecular formula is C6H4BrF2IN2O2S. The van der Waals surface area contributed by atoms with Gasteiger partial charge in [0, 0.05) is 3.57 Å². The molecule has 0 aliphatic rings. The summed E-state index contributed by atoms with van der Waals surface area (Å²) in [4.78, 5) is 2.78. The Labute approximate surface area is 107 Å². The highest BCUT2D eigenvalue weighted by Gasteiger charge is 2.25. The topological polar surface area (TPSA) is 73.1 Å². The fourth-order valence-electron chi connectivity index (χ4n) is 0.920. The summed E-state index contributed by atoms with van der Waals surface area (Å²) in [5.74, 6) is 0. The molecule has 0 fully saturated rings. The average molecular weight is 413 g/mol. The summed E-state index contributed by atoms with van der Waals surface area (Å²) in [5.41, 5.74) is -0.837. The van der Waals surface area contributed by atoms with Crippen LogP contribution in [0.15, 0.2) is 15.6 Å². The molecule has 0 atom stereocenters. The number of aromatic nitrogens is 1. The summed E-state index contributed by atoms with van der Waals surface area (Å²) >= 11 is 4.50. The van der Waals surface area contributed by atoms with Crippen LogP contribution in [-0.2, 0) is 10.0 Å². The van der Waals surface area contributed by atoms with E-state index in [2.05, 4.69) is 20.9 Å². The lowest BCUT2D eigenvalue weighted by atomic mass is 10.4. The Balaban J connectivity index is 3.62. The fraction of sp³-hybridized carbons (Fsp3) is 0.167. The molecule has 4 nitrogen and oxygen atoms in total. The van der Waals surface area contributed by atoms with Crippen molar-refractivity contribution in [2.45, 2.75) is 11.3 Å². The van der Waals surface area contributed by atoms with Gasteiger partial charge in [-0.05, 0) is 44.6 Å². The quantitative estimate of drug-likeness (QED) is 0.596. The summed E-state index contributed by atoms with van der Waals surface area (Å²) < 4.78 is 47.4. The van der Waals surface area contributed by atoms with Gasteiger partial charge < -0.3 is 0 Å². The van der Waals surface area contributed by atoms with Crippen molar-refractivity contribution in [2.24, 2.45) is 5.14 Å². The molecule has 1 aromatic rings. The van der Waals surface area contributed by atoms with Crippen LogP contribution in [0.25, 0.3) is 0 Å². The zero-order valence-electron chi connectivity index (χ0n) is 6.92. The molecule has 0 aliphatic heterocycles. The predicted molar refractivity (Wildman–Crippen MR) is 61.0 cm³/mol. The van der Waals surface area contributed by atoms with Crippen LogP contribution in [0.4, 0.5) is 8.78 Å². The molecule has 1 heterocycles. The maximum atomic E-state index is 12.5. The Kier molecular flexibility index (Phi) is 4.01. The Morgan fingerprint density at radius 2 is 2.07 bits per heavy atom. The molecule has 0 spiro atoms. The summed E-state index contributed by atoms with van der Waals surface area (Å²) in [5, 5.41) is 4.83. The molecule has 0 radical (unpaired) electrons. The molecule has 0 unspecified atom stereocenters. The van der Waals surface area contributed by atoms with Gasteiger partial charge in [0.05, 0.1) is 0 Å². The Morgan fingerprint density at radius 3 is 2.47 bits per heavy atom. The fourth-order valence-corrected chi connectivity index (χ4v) is 4.02.